The average molecular weight is 532 g/mol. The summed E-state index contributed by atoms with van der Waals surface area (Å²) in [5.41, 5.74) is 3.64. The molecule has 1 aromatic heterocycles. The van der Waals surface area contributed by atoms with Crippen molar-refractivity contribution in [3.63, 3.8) is 0 Å². The maximum atomic E-state index is 12.9. The van der Waals surface area contributed by atoms with E-state index in [4.69, 9.17) is 9.47 Å². The van der Waals surface area contributed by atoms with Gasteiger partial charge in [0.2, 0.25) is 5.91 Å². The number of ether oxygens (including phenoxy) is 2. The highest BCUT2D eigenvalue weighted by atomic mass is 79.9. The summed E-state index contributed by atoms with van der Waals surface area (Å²) in [6.07, 6.45) is 3.28. The van der Waals surface area contributed by atoms with Crippen LogP contribution >= 0.6 is 27.3 Å². The minimum absolute atomic E-state index is 0.193. The van der Waals surface area contributed by atoms with E-state index in [9.17, 15) is 4.79 Å². The zero-order chi connectivity index (χ0) is 23.4. The van der Waals surface area contributed by atoms with E-state index < -0.39 is 0 Å². The molecule has 1 aliphatic heterocycles. The maximum Gasteiger partial charge on any atom is 0.227 e. The van der Waals surface area contributed by atoms with Gasteiger partial charge in [0.1, 0.15) is 0 Å². The minimum Gasteiger partial charge on any atom is -0.493 e. The molecule has 0 saturated carbocycles. The monoisotopic (exact) mass is 530 g/mol. The molecule has 0 unspecified atom stereocenters. The Balaban J connectivity index is 1.27. The summed E-state index contributed by atoms with van der Waals surface area (Å²) in [7, 11) is 5.45. The smallest absolute Gasteiger partial charge is 0.227 e. The molecule has 4 rings (SSSR count). The first-order valence-corrected chi connectivity index (χ1v) is 13.0. The lowest BCUT2D eigenvalue weighted by molar-refractivity contribution is -0.130. The third-order valence-corrected chi connectivity index (χ3v) is 7.90. The van der Waals surface area contributed by atoms with E-state index in [1.165, 1.54) is 21.2 Å². The molecule has 0 aliphatic carbocycles. The highest BCUT2D eigenvalue weighted by molar-refractivity contribution is 9.10. The summed E-state index contributed by atoms with van der Waals surface area (Å²) in [6.45, 7) is 3.53. The predicted octanol–water partition coefficient (Wildman–Crippen LogP) is 5.17. The second kappa shape index (κ2) is 10.9. The van der Waals surface area contributed by atoms with E-state index >= 15 is 0 Å². The Hall–Kier alpha value is -2.09. The Kier molecular flexibility index (Phi) is 7.94. The van der Waals surface area contributed by atoms with E-state index in [2.05, 4.69) is 51.5 Å². The Morgan fingerprint density at radius 2 is 1.85 bits per heavy atom. The molecule has 2 heterocycles. The molecular weight excluding hydrogens is 500 g/mol. The zero-order valence-electron chi connectivity index (χ0n) is 19.5. The largest absolute Gasteiger partial charge is 0.493 e. The first-order chi connectivity index (χ1) is 16.0. The second-order valence-corrected chi connectivity index (χ2v) is 10.4. The molecule has 3 aromatic rings. The lowest BCUT2D eigenvalue weighted by atomic mass is 10.0. The number of carbonyl (C=O) groups excluding carboxylic acids is 1. The summed E-state index contributed by atoms with van der Waals surface area (Å²) in [4.78, 5) is 17.3. The summed E-state index contributed by atoms with van der Waals surface area (Å²) in [6, 6.07) is 10.5. The summed E-state index contributed by atoms with van der Waals surface area (Å²) in [5.74, 6) is 1.60. The fraction of sp³-hybridized carbons (Fsp3) is 0.423. The van der Waals surface area contributed by atoms with Crippen molar-refractivity contribution in [3.8, 4) is 11.5 Å². The SMILES string of the molecule is COc1cc2c(cc1OC)CC(=O)N(CCCN(C)CCc1csc3ccc(Br)cc13)CC2. The van der Waals surface area contributed by atoms with Crippen molar-refractivity contribution >= 4 is 43.3 Å². The lowest BCUT2D eigenvalue weighted by Crippen LogP contribution is -2.35. The first-order valence-electron chi connectivity index (χ1n) is 11.3. The van der Waals surface area contributed by atoms with E-state index in [0.717, 1.165) is 61.2 Å². The molecule has 5 nitrogen and oxygen atoms in total. The van der Waals surface area contributed by atoms with Crippen molar-refractivity contribution in [2.75, 3.05) is 47.4 Å². The van der Waals surface area contributed by atoms with Crippen molar-refractivity contribution in [1.82, 2.24) is 9.80 Å². The third-order valence-electron chi connectivity index (χ3n) is 6.40. The Labute approximate surface area is 208 Å². The van der Waals surface area contributed by atoms with Gasteiger partial charge in [0, 0.05) is 28.8 Å². The third kappa shape index (κ3) is 5.70. The quantitative estimate of drug-likeness (QED) is 0.382. The van der Waals surface area contributed by atoms with Crippen LogP contribution in [0.2, 0.25) is 0 Å². The van der Waals surface area contributed by atoms with Crippen LogP contribution in [0.1, 0.15) is 23.1 Å². The van der Waals surface area contributed by atoms with Crippen LogP contribution in [-0.2, 0) is 24.1 Å². The predicted molar refractivity (Wildman–Crippen MR) is 139 cm³/mol. The van der Waals surface area contributed by atoms with E-state index in [-0.39, 0.29) is 5.91 Å². The first kappa shape index (κ1) is 24.0. The highest BCUT2D eigenvalue weighted by Gasteiger charge is 2.22. The molecule has 2 aromatic carbocycles. The lowest BCUT2D eigenvalue weighted by Gasteiger charge is -2.22. The molecule has 0 N–H and O–H groups in total. The topological polar surface area (TPSA) is 42.0 Å². The molecule has 0 saturated heterocycles. The number of nitrogens with zero attached hydrogens (tertiary/aromatic N) is 2. The van der Waals surface area contributed by atoms with Crippen molar-refractivity contribution in [3.05, 3.63) is 56.9 Å². The molecule has 33 heavy (non-hydrogen) atoms. The Morgan fingerprint density at radius 1 is 1.09 bits per heavy atom. The number of halogens is 1. The Morgan fingerprint density at radius 3 is 2.61 bits per heavy atom. The van der Waals surface area contributed by atoms with Crippen LogP contribution in [0.15, 0.2) is 40.2 Å². The van der Waals surface area contributed by atoms with Gasteiger partial charge in [-0.25, -0.2) is 0 Å². The van der Waals surface area contributed by atoms with Crippen LogP contribution in [0, 0.1) is 0 Å². The molecule has 176 valence electrons. The number of likely N-dealkylation sites (N-methyl/N-ethyl adjacent to an activating group) is 1. The van der Waals surface area contributed by atoms with Gasteiger partial charge in [-0.2, -0.15) is 0 Å². The van der Waals surface area contributed by atoms with Gasteiger partial charge in [0.05, 0.1) is 20.6 Å². The van der Waals surface area contributed by atoms with Gasteiger partial charge >= 0.3 is 0 Å². The van der Waals surface area contributed by atoms with Crippen LogP contribution in [0.25, 0.3) is 10.1 Å². The van der Waals surface area contributed by atoms with Crippen molar-refractivity contribution in [1.29, 1.82) is 0 Å². The van der Waals surface area contributed by atoms with Crippen LogP contribution in [0.3, 0.4) is 0 Å². The fourth-order valence-electron chi connectivity index (χ4n) is 4.45. The fourth-order valence-corrected chi connectivity index (χ4v) is 5.79. The van der Waals surface area contributed by atoms with E-state index in [0.29, 0.717) is 12.2 Å². The number of hydrogen-bond donors (Lipinski definition) is 0. The molecule has 0 radical (unpaired) electrons. The van der Waals surface area contributed by atoms with Crippen molar-refractivity contribution in [2.24, 2.45) is 0 Å². The van der Waals surface area contributed by atoms with Crippen molar-refractivity contribution < 1.29 is 14.3 Å². The number of benzene rings is 2. The second-order valence-electron chi connectivity index (χ2n) is 8.59. The molecule has 0 fully saturated rings. The standard InChI is InChI=1S/C26H31BrN2O3S/c1-28(11-7-19-17-33-25-6-5-21(27)16-22(19)25)9-4-10-29-12-8-18-13-23(31-2)24(32-3)14-20(18)15-26(29)30/h5-6,13-14,16-17H,4,7-12,15H2,1-3H3. The zero-order valence-corrected chi connectivity index (χ0v) is 21.9. The number of rotatable bonds is 9. The molecule has 0 atom stereocenters. The van der Waals surface area contributed by atoms with Gasteiger partial charge in [0.25, 0.3) is 0 Å². The van der Waals surface area contributed by atoms with Gasteiger partial charge in [-0.3, -0.25) is 4.79 Å². The van der Waals surface area contributed by atoms with Crippen LogP contribution in [0.4, 0.5) is 0 Å². The average Bonchev–Trinajstić information content (AvgIpc) is 3.14. The Bertz CT molecular complexity index is 1130. The van der Waals surface area contributed by atoms with E-state index in [1.54, 1.807) is 14.2 Å². The number of methoxy groups -OCH3 is 2. The number of thiophene rings is 1. The van der Waals surface area contributed by atoms with E-state index in [1.807, 2.05) is 28.4 Å². The summed E-state index contributed by atoms with van der Waals surface area (Å²) in [5, 5.41) is 3.63. The molecule has 0 spiro atoms. The summed E-state index contributed by atoms with van der Waals surface area (Å²) < 4.78 is 13.3. The van der Waals surface area contributed by atoms with Crippen molar-refractivity contribution in [2.45, 2.75) is 25.7 Å². The van der Waals surface area contributed by atoms with Crippen LogP contribution < -0.4 is 9.47 Å². The highest BCUT2D eigenvalue weighted by Crippen LogP contribution is 2.32. The normalized spacial score (nSPS) is 14.0. The van der Waals surface area contributed by atoms with Gasteiger partial charge < -0.3 is 19.3 Å². The van der Waals surface area contributed by atoms with Gasteiger partial charge in [-0.15, -0.1) is 11.3 Å². The minimum atomic E-state index is 0.193. The molecule has 1 aliphatic rings. The van der Waals surface area contributed by atoms with Gasteiger partial charge in [0.15, 0.2) is 11.5 Å². The molecular formula is C26H31BrN2O3S. The maximum absolute atomic E-state index is 12.9. The molecule has 1 amide bonds. The van der Waals surface area contributed by atoms with Crippen LogP contribution in [-0.4, -0.2) is 63.2 Å². The number of carbonyl (C=O) groups is 1. The number of amides is 1. The van der Waals surface area contributed by atoms with Gasteiger partial charge in [-0.05, 0) is 90.6 Å². The summed E-state index contributed by atoms with van der Waals surface area (Å²) >= 11 is 5.40. The van der Waals surface area contributed by atoms with Crippen LogP contribution in [0.5, 0.6) is 11.5 Å². The number of hydrogen-bond acceptors (Lipinski definition) is 5. The molecule has 7 heteroatoms. The number of fused-ring (bicyclic) bond motifs is 2. The molecule has 0 bridgehead atoms. The van der Waals surface area contributed by atoms with Gasteiger partial charge in [-0.1, -0.05) is 15.9 Å².